The molecule has 0 aliphatic heterocycles. The molecule has 0 rings (SSSR count). The predicted molar refractivity (Wildman–Crippen MR) is 140 cm³/mol. The molecule has 0 spiro atoms. The third kappa shape index (κ3) is 13.0. The maximum absolute atomic E-state index is 12.1. The molecule has 9 heteroatoms. The van der Waals surface area contributed by atoms with Crippen LogP contribution < -0.4 is 0 Å². The van der Waals surface area contributed by atoms with E-state index in [9.17, 15) is 22.3 Å². The van der Waals surface area contributed by atoms with E-state index in [1.807, 2.05) is 13.0 Å². The van der Waals surface area contributed by atoms with Crippen LogP contribution in [0.25, 0.3) is 0 Å². The highest BCUT2D eigenvalue weighted by molar-refractivity contribution is 7.91. The van der Waals surface area contributed by atoms with Crippen molar-refractivity contribution in [3.8, 4) is 0 Å². The summed E-state index contributed by atoms with van der Waals surface area (Å²) in [7, 11) is -6.85. The van der Waals surface area contributed by atoms with Gasteiger partial charge in [-0.15, -0.1) is 0 Å². The molecule has 7 nitrogen and oxygen atoms in total. The molecule has 198 valence electrons. The number of hydrogen-bond acceptors (Lipinski definition) is 6. The molecular weight excluding hydrogens is 475 g/mol. The van der Waals surface area contributed by atoms with Crippen molar-refractivity contribution in [2.75, 3.05) is 0 Å². The van der Waals surface area contributed by atoms with Crippen molar-refractivity contribution in [2.24, 2.45) is 5.92 Å². The number of esters is 1. The highest BCUT2D eigenvalue weighted by Gasteiger charge is 2.46. The first kappa shape index (κ1) is 32.8. The second kappa shape index (κ2) is 16.5. The molecule has 0 aliphatic rings. The standard InChI is InChI=1S/C25H45O7PS/c1-8-23(26)31-24(20(4)5)32-25(33-27,34(28,29)30)18-10-9-14-21(6)16-12-17-22(7)15-11-13-19(2)3/h13-14,17,20,24H,8-12,15-16,18,33H2,1-7H3,(H,28,29,30). The fourth-order valence-corrected chi connectivity index (χ4v) is 4.75. The van der Waals surface area contributed by atoms with Gasteiger partial charge in [-0.2, -0.15) is 8.42 Å². The molecule has 3 atom stereocenters. The van der Waals surface area contributed by atoms with Crippen LogP contribution in [-0.2, 0) is 29.0 Å². The normalized spacial score (nSPS) is 16.0. The fourth-order valence-electron chi connectivity index (χ4n) is 3.14. The number of hydrogen-bond donors (Lipinski definition) is 1. The molecular formula is C25H45O7PS. The van der Waals surface area contributed by atoms with E-state index < -0.39 is 35.5 Å². The Morgan fingerprint density at radius 2 is 1.53 bits per heavy atom. The molecule has 0 bridgehead atoms. The highest BCUT2D eigenvalue weighted by atomic mass is 32.2. The van der Waals surface area contributed by atoms with Crippen LogP contribution in [0.4, 0.5) is 0 Å². The second-order valence-electron chi connectivity index (χ2n) is 9.33. The summed E-state index contributed by atoms with van der Waals surface area (Å²) < 4.78 is 54.5. The lowest BCUT2D eigenvalue weighted by Gasteiger charge is -2.32. The van der Waals surface area contributed by atoms with Crippen molar-refractivity contribution in [2.45, 2.75) is 111 Å². The van der Waals surface area contributed by atoms with E-state index in [1.165, 1.54) is 16.7 Å². The average molecular weight is 521 g/mol. The summed E-state index contributed by atoms with van der Waals surface area (Å²) in [6.07, 6.45) is 10.0. The zero-order valence-corrected chi connectivity index (χ0v) is 23.9. The van der Waals surface area contributed by atoms with E-state index in [0.29, 0.717) is 12.8 Å². The molecule has 0 radical (unpaired) electrons. The van der Waals surface area contributed by atoms with E-state index >= 15 is 0 Å². The number of unbranched alkanes of at least 4 members (excludes halogenated alkanes) is 1. The van der Waals surface area contributed by atoms with Crippen molar-refractivity contribution in [1.82, 2.24) is 0 Å². The maximum Gasteiger partial charge on any atom is 0.307 e. The van der Waals surface area contributed by atoms with Crippen LogP contribution in [0, 0.1) is 5.92 Å². The maximum atomic E-state index is 12.1. The van der Waals surface area contributed by atoms with Gasteiger partial charge in [0.2, 0.25) is 11.0 Å². The first-order chi connectivity index (χ1) is 15.8. The van der Waals surface area contributed by atoms with Crippen molar-refractivity contribution >= 4 is 24.5 Å². The smallest absolute Gasteiger partial charge is 0.307 e. The van der Waals surface area contributed by atoms with Gasteiger partial charge in [0, 0.05) is 18.8 Å². The van der Waals surface area contributed by atoms with Crippen LogP contribution in [-0.4, -0.2) is 29.9 Å². The molecule has 0 aromatic heterocycles. The molecule has 0 aliphatic carbocycles. The van der Waals surface area contributed by atoms with Gasteiger partial charge in [-0.05, 0) is 66.2 Å². The highest BCUT2D eigenvalue weighted by Crippen LogP contribution is 2.38. The van der Waals surface area contributed by atoms with Crippen LogP contribution in [0.15, 0.2) is 34.9 Å². The molecule has 0 saturated heterocycles. The minimum atomic E-state index is -4.81. The van der Waals surface area contributed by atoms with Crippen LogP contribution in [0.3, 0.4) is 0 Å². The summed E-state index contributed by atoms with van der Waals surface area (Å²) in [4.78, 5) is 11.7. The van der Waals surface area contributed by atoms with Gasteiger partial charge in [0.1, 0.15) is 8.46 Å². The Morgan fingerprint density at radius 3 is 1.97 bits per heavy atom. The first-order valence-corrected chi connectivity index (χ1v) is 14.5. The van der Waals surface area contributed by atoms with Gasteiger partial charge in [0.05, 0.1) is 0 Å². The van der Waals surface area contributed by atoms with Gasteiger partial charge < -0.3 is 14.0 Å². The van der Waals surface area contributed by atoms with E-state index in [4.69, 9.17) is 9.47 Å². The fraction of sp³-hybridized carbons (Fsp3) is 0.720. The zero-order valence-electron chi connectivity index (χ0n) is 21.9. The number of allylic oxidation sites excluding steroid dienone is 6. The van der Waals surface area contributed by atoms with E-state index in [0.717, 1.165) is 25.7 Å². The Bertz CT molecular complexity index is 839. The van der Waals surface area contributed by atoms with Gasteiger partial charge in [-0.1, -0.05) is 55.7 Å². The van der Waals surface area contributed by atoms with Crippen LogP contribution in [0.2, 0.25) is 0 Å². The molecule has 0 aromatic carbocycles. The molecule has 0 saturated carbocycles. The largest absolute Gasteiger partial charge is 0.435 e. The third-order valence-electron chi connectivity index (χ3n) is 5.36. The van der Waals surface area contributed by atoms with Gasteiger partial charge in [0.15, 0.2) is 0 Å². The molecule has 0 heterocycles. The van der Waals surface area contributed by atoms with Crippen molar-refractivity contribution in [1.29, 1.82) is 0 Å². The topological polar surface area (TPSA) is 107 Å². The SMILES string of the molecule is CCC(=O)OC(OC(CCCC=C(C)CCC=C(C)CCC=C(C)C)([PH2]=O)S(=O)(=O)O)C(C)C. The van der Waals surface area contributed by atoms with Crippen LogP contribution in [0.1, 0.15) is 99.8 Å². The number of carbonyl (C=O) groups is 1. The summed E-state index contributed by atoms with van der Waals surface area (Å²) in [6.45, 7) is 13.3. The molecule has 34 heavy (non-hydrogen) atoms. The lowest BCUT2D eigenvalue weighted by atomic mass is 10.1. The summed E-state index contributed by atoms with van der Waals surface area (Å²) in [5.74, 6) is -0.952. The summed E-state index contributed by atoms with van der Waals surface area (Å²) in [5.41, 5.74) is 3.87. The Kier molecular flexibility index (Phi) is 15.9. The quantitative estimate of drug-likeness (QED) is 0.0559. The van der Waals surface area contributed by atoms with Crippen LogP contribution >= 0.6 is 8.46 Å². The Labute approximate surface area is 208 Å². The van der Waals surface area contributed by atoms with E-state index in [2.05, 4.69) is 32.9 Å². The van der Waals surface area contributed by atoms with Crippen molar-refractivity contribution in [3.63, 3.8) is 0 Å². The lowest BCUT2D eigenvalue weighted by Crippen LogP contribution is -2.42. The number of carbonyl (C=O) groups excluding carboxylic acids is 1. The zero-order chi connectivity index (χ0) is 26.4. The first-order valence-electron chi connectivity index (χ1n) is 12.0. The molecule has 0 amide bonds. The van der Waals surface area contributed by atoms with E-state index in [1.54, 1.807) is 20.8 Å². The summed E-state index contributed by atoms with van der Waals surface area (Å²) in [5, 5.41) is 0. The molecule has 0 fully saturated rings. The van der Waals surface area contributed by atoms with E-state index in [-0.39, 0.29) is 18.8 Å². The minimum absolute atomic E-state index is 0.0872. The second-order valence-corrected chi connectivity index (χ2v) is 12.6. The predicted octanol–water partition coefficient (Wildman–Crippen LogP) is 6.83. The summed E-state index contributed by atoms with van der Waals surface area (Å²) >= 11 is 0. The van der Waals surface area contributed by atoms with Gasteiger partial charge in [-0.25, -0.2) is 0 Å². The number of ether oxygens (including phenoxy) is 2. The van der Waals surface area contributed by atoms with Crippen molar-refractivity contribution < 1.29 is 31.8 Å². The lowest BCUT2D eigenvalue weighted by molar-refractivity contribution is -0.198. The average Bonchev–Trinajstić information content (AvgIpc) is 2.73. The van der Waals surface area contributed by atoms with Gasteiger partial charge >= 0.3 is 16.1 Å². The number of rotatable bonds is 17. The van der Waals surface area contributed by atoms with Gasteiger partial charge in [0.25, 0.3) is 0 Å². The van der Waals surface area contributed by atoms with Crippen LogP contribution in [0.5, 0.6) is 0 Å². The molecule has 0 aromatic rings. The molecule has 3 unspecified atom stereocenters. The monoisotopic (exact) mass is 520 g/mol. The Balaban J connectivity index is 5.02. The minimum Gasteiger partial charge on any atom is -0.435 e. The third-order valence-corrected chi connectivity index (χ3v) is 8.50. The summed E-state index contributed by atoms with van der Waals surface area (Å²) in [6, 6.07) is 0. The Morgan fingerprint density at radius 1 is 1.00 bits per heavy atom. The van der Waals surface area contributed by atoms with Gasteiger partial charge in [-0.3, -0.25) is 9.35 Å². The Hall–Kier alpha value is -1.21. The van der Waals surface area contributed by atoms with Crippen molar-refractivity contribution in [3.05, 3.63) is 34.9 Å². The molecule has 1 N–H and O–H groups in total.